The number of nitrogens with one attached hydrogen (secondary N) is 1. The Morgan fingerprint density at radius 3 is 2.47 bits per heavy atom. The normalized spacial score (nSPS) is 10.5. The van der Waals surface area contributed by atoms with Crippen molar-refractivity contribution in [2.45, 2.75) is 12.1 Å². The lowest BCUT2D eigenvalue weighted by molar-refractivity contribution is -0.113. The monoisotopic (exact) mass is 454 g/mol. The van der Waals surface area contributed by atoms with Gasteiger partial charge in [0.2, 0.25) is 5.91 Å². The highest BCUT2D eigenvalue weighted by Gasteiger charge is 2.18. The van der Waals surface area contributed by atoms with E-state index in [9.17, 15) is 14.4 Å². The summed E-state index contributed by atoms with van der Waals surface area (Å²) in [7, 11) is 4.31. The standard InChI is InChI=1S/C22H22N4O5S/c1-13-6-5-7-14(10-13)19-24-25-22(26(19)2)32-12-18(27)23-17-11-15(20(28)30-3)8-9-16(17)21(29)31-4/h5-11H,12H2,1-4H3,(H,23,27). The van der Waals surface area contributed by atoms with E-state index >= 15 is 0 Å². The van der Waals surface area contributed by atoms with E-state index in [1.807, 2.05) is 42.8 Å². The molecule has 0 aliphatic rings. The van der Waals surface area contributed by atoms with E-state index in [-0.39, 0.29) is 28.5 Å². The minimum atomic E-state index is -0.638. The Hall–Kier alpha value is -3.66. The highest BCUT2D eigenvalue weighted by molar-refractivity contribution is 7.99. The fraction of sp³-hybridized carbons (Fsp3) is 0.227. The van der Waals surface area contributed by atoms with Gasteiger partial charge in [-0.2, -0.15) is 0 Å². The first-order valence-electron chi connectivity index (χ1n) is 9.53. The highest BCUT2D eigenvalue weighted by atomic mass is 32.2. The van der Waals surface area contributed by atoms with Crippen LogP contribution in [0, 0.1) is 6.92 Å². The molecular weight excluding hydrogens is 432 g/mol. The lowest BCUT2D eigenvalue weighted by atomic mass is 10.1. The van der Waals surface area contributed by atoms with Gasteiger partial charge in [-0.1, -0.05) is 35.5 Å². The molecule has 0 saturated heterocycles. The van der Waals surface area contributed by atoms with Crippen LogP contribution in [0.2, 0.25) is 0 Å². The van der Waals surface area contributed by atoms with E-state index in [2.05, 4.69) is 15.5 Å². The van der Waals surface area contributed by atoms with Gasteiger partial charge in [-0.15, -0.1) is 10.2 Å². The molecule has 1 heterocycles. The van der Waals surface area contributed by atoms with Gasteiger partial charge >= 0.3 is 11.9 Å². The van der Waals surface area contributed by atoms with Crippen molar-refractivity contribution in [3.8, 4) is 11.4 Å². The first-order valence-corrected chi connectivity index (χ1v) is 10.5. The van der Waals surface area contributed by atoms with Crippen molar-refractivity contribution in [2.75, 3.05) is 25.3 Å². The van der Waals surface area contributed by atoms with Crippen molar-refractivity contribution in [3.63, 3.8) is 0 Å². The third-order valence-electron chi connectivity index (χ3n) is 4.56. The molecule has 0 aliphatic carbocycles. The van der Waals surface area contributed by atoms with Crippen LogP contribution in [-0.4, -0.2) is 52.6 Å². The number of esters is 2. The molecule has 1 amide bonds. The SMILES string of the molecule is COC(=O)c1ccc(C(=O)OC)c(NC(=O)CSc2nnc(-c3cccc(C)c3)n2C)c1. The largest absolute Gasteiger partial charge is 0.465 e. The van der Waals surface area contributed by atoms with Crippen molar-refractivity contribution in [1.29, 1.82) is 0 Å². The number of nitrogens with zero attached hydrogens (tertiary/aromatic N) is 3. The number of ether oxygens (including phenoxy) is 2. The lowest BCUT2D eigenvalue weighted by Crippen LogP contribution is -2.18. The summed E-state index contributed by atoms with van der Waals surface area (Å²) >= 11 is 1.20. The van der Waals surface area contributed by atoms with Crippen LogP contribution >= 0.6 is 11.8 Å². The van der Waals surface area contributed by atoms with Crippen LogP contribution in [0.3, 0.4) is 0 Å². The van der Waals surface area contributed by atoms with Gasteiger partial charge in [-0.05, 0) is 31.2 Å². The molecule has 32 heavy (non-hydrogen) atoms. The van der Waals surface area contributed by atoms with Crippen molar-refractivity contribution < 1.29 is 23.9 Å². The number of carbonyl (C=O) groups excluding carboxylic acids is 3. The van der Waals surface area contributed by atoms with Gasteiger partial charge in [0.15, 0.2) is 11.0 Å². The Balaban J connectivity index is 1.74. The van der Waals surface area contributed by atoms with Gasteiger partial charge in [-0.3, -0.25) is 4.79 Å². The zero-order valence-electron chi connectivity index (χ0n) is 18.0. The second-order valence-corrected chi connectivity index (χ2v) is 7.76. The number of anilines is 1. The predicted molar refractivity (Wildman–Crippen MR) is 120 cm³/mol. The van der Waals surface area contributed by atoms with E-state index in [0.717, 1.165) is 11.1 Å². The maximum absolute atomic E-state index is 12.6. The summed E-state index contributed by atoms with van der Waals surface area (Å²) in [5.74, 6) is -0.907. The van der Waals surface area contributed by atoms with Gasteiger partial charge in [0, 0.05) is 12.6 Å². The number of rotatable bonds is 7. The number of carbonyl (C=O) groups is 3. The third kappa shape index (κ3) is 5.14. The molecule has 3 aromatic rings. The summed E-state index contributed by atoms with van der Waals surface area (Å²) in [4.78, 5) is 36.4. The van der Waals surface area contributed by atoms with Crippen LogP contribution in [0.15, 0.2) is 47.6 Å². The molecule has 0 aliphatic heterocycles. The van der Waals surface area contributed by atoms with E-state index in [0.29, 0.717) is 11.0 Å². The Bertz CT molecular complexity index is 1170. The minimum Gasteiger partial charge on any atom is -0.465 e. The number of amides is 1. The summed E-state index contributed by atoms with van der Waals surface area (Å²) in [6.07, 6.45) is 0. The van der Waals surface area contributed by atoms with E-state index in [1.54, 1.807) is 0 Å². The molecule has 9 nitrogen and oxygen atoms in total. The first-order chi connectivity index (χ1) is 15.3. The number of methoxy groups -OCH3 is 2. The van der Waals surface area contributed by atoms with E-state index in [4.69, 9.17) is 9.47 Å². The number of aryl methyl sites for hydroxylation is 1. The molecule has 0 saturated carbocycles. The molecule has 1 aromatic heterocycles. The molecule has 0 spiro atoms. The molecule has 0 atom stereocenters. The topological polar surface area (TPSA) is 112 Å². The second kappa shape index (κ2) is 10.1. The van der Waals surface area contributed by atoms with Gasteiger partial charge in [-0.25, -0.2) is 9.59 Å². The maximum atomic E-state index is 12.6. The maximum Gasteiger partial charge on any atom is 0.339 e. The van der Waals surface area contributed by atoms with E-state index in [1.165, 1.54) is 44.2 Å². The van der Waals surface area contributed by atoms with Crippen LogP contribution in [0.5, 0.6) is 0 Å². The van der Waals surface area contributed by atoms with Crippen LogP contribution in [0.25, 0.3) is 11.4 Å². The first kappa shape index (κ1) is 23.0. The summed E-state index contributed by atoms with van der Waals surface area (Å²) in [6, 6.07) is 12.1. The summed E-state index contributed by atoms with van der Waals surface area (Å²) in [5, 5.41) is 11.6. The Morgan fingerprint density at radius 1 is 1.03 bits per heavy atom. The van der Waals surface area contributed by atoms with Gasteiger partial charge in [0.25, 0.3) is 0 Å². The third-order valence-corrected chi connectivity index (χ3v) is 5.58. The van der Waals surface area contributed by atoms with Crippen LogP contribution in [0.1, 0.15) is 26.3 Å². The molecule has 166 valence electrons. The fourth-order valence-corrected chi connectivity index (χ4v) is 3.68. The zero-order chi connectivity index (χ0) is 23.3. The number of thioether (sulfide) groups is 1. The Morgan fingerprint density at radius 2 is 1.78 bits per heavy atom. The Kier molecular flexibility index (Phi) is 7.26. The van der Waals surface area contributed by atoms with Crippen molar-refractivity contribution in [3.05, 3.63) is 59.2 Å². The average molecular weight is 455 g/mol. The minimum absolute atomic E-state index is 0.0167. The molecule has 10 heteroatoms. The summed E-state index contributed by atoms with van der Waals surface area (Å²) in [5.41, 5.74) is 2.51. The van der Waals surface area contributed by atoms with Crippen LogP contribution in [-0.2, 0) is 21.3 Å². The van der Waals surface area contributed by atoms with Gasteiger partial charge in [0.05, 0.1) is 36.8 Å². The van der Waals surface area contributed by atoms with Crippen molar-refractivity contribution in [1.82, 2.24) is 14.8 Å². The molecule has 0 fully saturated rings. The predicted octanol–water partition coefficient (Wildman–Crippen LogP) is 3.09. The van der Waals surface area contributed by atoms with Gasteiger partial charge in [0.1, 0.15) is 0 Å². The lowest BCUT2D eigenvalue weighted by Gasteiger charge is -2.11. The molecule has 0 unspecified atom stereocenters. The van der Waals surface area contributed by atoms with Gasteiger partial charge < -0.3 is 19.4 Å². The van der Waals surface area contributed by atoms with E-state index < -0.39 is 11.9 Å². The Labute approximate surface area is 189 Å². The van der Waals surface area contributed by atoms with Crippen molar-refractivity contribution in [2.24, 2.45) is 7.05 Å². The smallest absolute Gasteiger partial charge is 0.339 e. The molecule has 3 rings (SSSR count). The summed E-state index contributed by atoms with van der Waals surface area (Å²) < 4.78 is 11.3. The molecular formula is C22H22N4O5S. The zero-order valence-corrected chi connectivity index (χ0v) is 18.9. The average Bonchev–Trinajstić information content (AvgIpc) is 3.16. The second-order valence-electron chi connectivity index (χ2n) is 6.82. The number of hydrogen-bond donors (Lipinski definition) is 1. The molecule has 0 radical (unpaired) electrons. The fourth-order valence-electron chi connectivity index (χ4n) is 2.97. The quantitative estimate of drug-likeness (QED) is 0.428. The number of benzene rings is 2. The molecule has 2 aromatic carbocycles. The number of hydrogen-bond acceptors (Lipinski definition) is 8. The van der Waals surface area contributed by atoms with Crippen molar-refractivity contribution >= 4 is 35.3 Å². The van der Waals surface area contributed by atoms with Crippen LogP contribution < -0.4 is 5.32 Å². The molecule has 0 bridgehead atoms. The summed E-state index contributed by atoms with van der Waals surface area (Å²) in [6.45, 7) is 2.00. The molecule has 1 N–H and O–H groups in total. The van der Waals surface area contributed by atoms with Crippen LogP contribution in [0.4, 0.5) is 5.69 Å². The number of aromatic nitrogens is 3. The highest BCUT2D eigenvalue weighted by Crippen LogP contribution is 2.24.